The van der Waals surface area contributed by atoms with Crippen LogP contribution in [0.15, 0.2) is 30.3 Å². The molecule has 0 saturated heterocycles. The van der Waals surface area contributed by atoms with Crippen LogP contribution in [0, 0.1) is 0 Å². The number of ether oxygens (including phenoxy) is 1. The molecular weight excluding hydrogens is 264 g/mol. The molecule has 108 valence electrons. The van der Waals surface area contributed by atoms with Gasteiger partial charge < -0.3 is 15.4 Å². The van der Waals surface area contributed by atoms with Crippen LogP contribution in [0.2, 0.25) is 0 Å². The van der Waals surface area contributed by atoms with Crippen LogP contribution in [0.4, 0.5) is 0 Å². The van der Waals surface area contributed by atoms with Gasteiger partial charge in [0.05, 0.1) is 6.61 Å². The molecule has 1 amide bonds. The third-order valence-corrected chi connectivity index (χ3v) is 2.50. The number of nitrogens with one attached hydrogen (secondary N) is 2. The molecule has 0 aliphatic heterocycles. The first-order chi connectivity index (χ1) is 8.72. The maximum atomic E-state index is 11.5. The second-order valence-electron chi connectivity index (χ2n) is 4.24. The number of benzene rings is 1. The summed E-state index contributed by atoms with van der Waals surface area (Å²) in [6.45, 7) is 6.18. The first-order valence-corrected chi connectivity index (χ1v) is 6.34. The lowest BCUT2D eigenvalue weighted by molar-refractivity contribution is -0.126. The van der Waals surface area contributed by atoms with Crippen LogP contribution in [0.3, 0.4) is 0 Å². The van der Waals surface area contributed by atoms with Gasteiger partial charge in [0.1, 0.15) is 6.61 Å². The quantitative estimate of drug-likeness (QED) is 0.765. The second-order valence-corrected chi connectivity index (χ2v) is 4.24. The van der Waals surface area contributed by atoms with E-state index in [2.05, 4.69) is 10.6 Å². The Morgan fingerprint density at radius 2 is 2.00 bits per heavy atom. The van der Waals surface area contributed by atoms with Crippen molar-refractivity contribution >= 4 is 18.3 Å². The zero-order chi connectivity index (χ0) is 13.2. The summed E-state index contributed by atoms with van der Waals surface area (Å²) in [6, 6.07) is 10.1. The zero-order valence-corrected chi connectivity index (χ0v) is 12.3. The maximum absolute atomic E-state index is 11.5. The van der Waals surface area contributed by atoms with Gasteiger partial charge in [0.2, 0.25) is 5.91 Å². The minimum Gasteiger partial charge on any atom is -0.367 e. The van der Waals surface area contributed by atoms with Crippen molar-refractivity contribution in [2.75, 3.05) is 19.7 Å². The van der Waals surface area contributed by atoms with Crippen LogP contribution in [0.5, 0.6) is 0 Å². The highest BCUT2D eigenvalue weighted by Gasteiger charge is 2.04. The second kappa shape index (κ2) is 10.8. The molecule has 0 aromatic heterocycles. The van der Waals surface area contributed by atoms with Crippen molar-refractivity contribution in [3.05, 3.63) is 35.9 Å². The summed E-state index contributed by atoms with van der Waals surface area (Å²) >= 11 is 0. The van der Waals surface area contributed by atoms with Gasteiger partial charge in [-0.05, 0) is 19.0 Å². The van der Waals surface area contributed by atoms with Crippen molar-refractivity contribution < 1.29 is 9.53 Å². The van der Waals surface area contributed by atoms with E-state index in [1.807, 2.05) is 44.2 Å². The summed E-state index contributed by atoms with van der Waals surface area (Å²) in [7, 11) is 0. The minimum atomic E-state index is -0.0734. The Bertz CT molecular complexity index is 347. The molecule has 0 spiro atoms. The Kier molecular flexibility index (Phi) is 10.2. The van der Waals surface area contributed by atoms with E-state index in [1.54, 1.807) is 0 Å². The summed E-state index contributed by atoms with van der Waals surface area (Å²) in [4.78, 5) is 11.5. The van der Waals surface area contributed by atoms with Gasteiger partial charge >= 0.3 is 0 Å². The molecule has 0 heterocycles. The molecule has 5 heteroatoms. The molecule has 19 heavy (non-hydrogen) atoms. The Balaban J connectivity index is 0.00000324. The van der Waals surface area contributed by atoms with Gasteiger partial charge in [-0.3, -0.25) is 4.79 Å². The van der Waals surface area contributed by atoms with Gasteiger partial charge in [-0.1, -0.05) is 37.3 Å². The molecule has 0 saturated carbocycles. The molecule has 1 atom stereocenters. The normalized spacial score (nSPS) is 11.5. The monoisotopic (exact) mass is 286 g/mol. The number of halogens is 1. The third-order valence-electron chi connectivity index (χ3n) is 2.50. The van der Waals surface area contributed by atoms with Crippen molar-refractivity contribution in [3.63, 3.8) is 0 Å². The van der Waals surface area contributed by atoms with E-state index in [-0.39, 0.29) is 31.0 Å². The molecule has 2 N–H and O–H groups in total. The van der Waals surface area contributed by atoms with Gasteiger partial charge in [-0.15, -0.1) is 12.4 Å². The fourth-order valence-electron chi connectivity index (χ4n) is 1.57. The summed E-state index contributed by atoms with van der Waals surface area (Å²) < 4.78 is 5.34. The molecule has 0 unspecified atom stereocenters. The largest absolute Gasteiger partial charge is 0.367 e. The SMILES string of the molecule is CCN[C@H](C)CNC(=O)COCc1ccccc1.Cl. The lowest BCUT2D eigenvalue weighted by Gasteiger charge is -2.13. The Morgan fingerprint density at radius 3 is 2.63 bits per heavy atom. The number of rotatable bonds is 8. The first kappa shape index (κ1) is 17.9. The first-order valence-electron chi connectivity index (χ1n) is 6.34. The Hall–Kier alpha value is -1.10. The van der Waals surface area contributed by atoms with Crippen molar-refractivity contribution in [1.82, 2.24) is 10.6 Å². The van der Waals surface area contributed by atoms with E-state index in [1.165, 1.54) is 0 Å². The van der Waals surface area contributed by atoms with Gasteiger partial charge in [0.25, 0.3) is 0 Å². The van der Waals surface area contributed by atoms with Crippen LogP contribution in [-0.2, 0) is 16.1 Å². The fourth-order valence-corrected chi connectivity index (χ4v) is 1.57. The average molecular weight is 287 g/mol. The third kappa shape index (κ3) is 8.59. The molecule has 1 aromatic carbocycles. The number of carbonyl (C=O) groups excluding carboxylic acids is 1. The summed E-state index contributed by atoms with van der Waals surface area (Å²) in [6.07, 6.45) is 0. The number of likely N-dealkylation sites (N-methyl/N-ethyl adjacent to an activating group) is 1. The summed E-state index contributed by atoms with van der Waals surface area (Å²) in [5, 5.41) is 6.05. The van der Waals surface area contributed by atoms with E-state index >= 15 is 0 Å². The Labute approximate surface area is 121 Å². The smallest absolute Gasteiger partial charge is 0.246 e. The van der Waals surface area contributed by atoms with Crippen molar-refractivity contribution in [1.29, 1.82) is 0 Å². The number of hydrogen-bond donors (Lipinski definition) is 2. The highest BCUT2D eigenvalue weighted by Crippen LogP contribution is 1.99. The van der Waals surface area contributed by atoms with E-state index < -0.39 is 0 Å². The van der Waals surface area contributed by atoms with Gasteiger partial charge in [0.15, 0.2) is 0 Å². The summed E-state index contributed by atoms with van der Waals surface area (Å²) in [5.41, 5.74) is 1.08. The highest BCUT2D eigenvalue weighted by atomic mass is 35.5. The number of hydrogen-bond acceptors (Lipinski definition) is 3. The van der Waals surface area contributed by atoms with Crippen LogP contribution >= 0.6 is 12.4 Å². The van der Waals surface area contributed by atoms with Crippen molar-refractivity contribution in [2.24, 2.45) is 0 Å². The topological polar surface area (TPSA) is 50.4 Å². The lowest BCUT2D eigenvalue weighted by Crippen LogP contribution is -2.40. The molecule has 1 aromatic rings. The fraction of sp³-hybridized carbons (Fsp3) is 0.500. The van der Waals surface area contributed by atoms with Gasteiger partial charge in [0, 0.05) is 12.6 Å². The van der Waals surface area contributed by atoms with E-state index in [4.69, 9.17) is 4.74 Å². The molecule has 0 radical (unpaired) electrons. The average Bonchev–Trinajstić information content (AvgIpc) is 2.38. The van der Waals surface area contributed by atoms with Crippen molar-refractivity contribution in [3.8, 4) is 0 Å². The molecular formula is C14H23ClN2O2. The highest BCUT2D eigenvalue weighted by molar-refractivity contribution is 5.85. The molecule has 0 fully saturated rings. The maximum Gasteiger partial charge on any atom is 0.246 e. The van der Waals surface area contributed by atoms with Crippen LogP contribution in [-0.4, -0.2) is 31.6 Å². The number of amides is 1. The van der Waals surface area contributed by atoms with Gasteiger partial charge in [-0.2, -0.15) is 0 Å². The van der Waals surface area contributed by atoms with E-state index in [0.29, 0.717) is 13.2 Å². The molecule has 1 rings (SSSR count). The lowest BCUT2D eigenvalue weighted by atomic mass is 10.2. The zero-order valence-electron chi connectivity index (χ0n) is 11.5. The minimum absolute atomic E-state index is 0. The van der Waals surface area contributed by atoms with Crippen LogP contribution < -0.4 is 10.6 Å². The predicted molar refractivity (Wildman–Crippen MR) is 79.5 cm³/mol. The van der Waals surface area contributed by atoms with Crippen LogP contribution in [0.1, 0.15) is 19.4 Å². The molecule has 0 aliphatic carbocycles. The number of carbonyl (C=O) groups is 1. The van der Waals surface area contributed by atoms with E-state index in [0.717, 1.165) is 12.1 Å². The Morgan fingerprint density at radius 1 is 1.32 bits per heavy atom. The van der Waals surface area contributed by atoms with Gasteiger partial charge in [-0.25, -0.2) is 0 Å². The molecule has 0 bridgehead atoms. The van der Waals surface area contributed by atoms with Crippen molar-refractivity contribution in [2.45, 2.75) is 26.5 Å². The van der Waals surface area contributed by atoms with Crippen LogP contribution in [0.25, 0.3) is 0 Å². The standard InChI is InChI=1S/C14H22N2O2.ClH/c1-3-15-12(2)9-16-14(17)11-18-10-13-7-5-4-6-8-13;/h4-8,12,15H,3,9-11H2,1-2H3,(H,16,17);1H/t12-;/m1./s1. The molecule has 0 aliphatic rings. The van der Waals surface area contributed by atoms with E-state index in [9.17, 15) is 4.79 Å². The summed E-state index contributed by atoms with van der Waals surface area (Å²) in [5.74, 6) is -0.0734. The molecule has 4 nitrogen and oxygen atoms in total. The predicted octanol–water partition coefficient (Wildman–Crippen LogP) is 1.74.